The van der Waals surface area contributed by atoms with E-state index in [0.29, 0.717) is 22.0 Å². The first-order chi connectivity index (χ1) is 13.0. The van der Waals surface area contributed by atoms with Gasteiger partial charge in [0.1, 0.15) is 5.75 Å². The zero-order valence-corrected chi connectivity index (χ0v) is 15.5. The number of amides is 2. The standard InChI is InChI=1S/C20H19ClN2O4/c1-27-17-8-2-13(3-9-17)18(24)11-22-20(26)14-10-19(25)23(12-14)16-6-4-15(21)5-7-16/h2-9,14H,10-12H2,1H3,(H,22,26). The third kappa shape index (κ3) is 4.46. The fraction of sp³-hybridized carbons (Fsp3) is 0.250. The van der Waals surface area contributed by atoms with E-state index in [-0.39, 0.29) is 37.1 Å². The van der Waals surface area contributed by atoms with E-state index in [0.717, 1.165) is 0 Å². The molecule has 0 radical (unpaired) electrons. The van der Waals surface area contributed by atoms with Crippen molar-refractivity contribution in [3.05, 3.63) is 59.1 Å². The molecule has 1 aliphatic heterocycles. The van der Waals surface area contributed by atoms with Crippen LogP contribution in [0, 0.1) is 5.92 Å². The molecule has 2 amide bonds. The van der Waals surface area contributed by atoms with Crippen LogP contribution in [0.25, 0.3) is 0 Å². The van der Waals surface area contributed by atoms with E-state index in [1.54, 1.807) is 60.5 Å². The van der Waals surface area contributed by atoms with Crippen LogP contribution < -0.4 is 15.0 Å². The molecule has 27 heavy (non-hydrogen) atoms. The molecule has 1 N–H and O–H groups in total. The number of benzene rings is 2. The molecule has 1 fully saturated rings. The molecule has 0 spiro atoms. The smallest absolute Gasteiger partial charge is 0.227 e. The van der Waals surface area contributed by atoms with Gasteiger partial charge in [-0.3, -0.25) is 14.4 Å². The number of Topliss-reactive ketones (excluding diaryl/α,β-unsaturated/α-hetero) is 1. The molecule has 1 saturated heterocycles. The van der Waals surface area contributed by atoms with Crippen molar-refractivity contribution < 1.29 is 19.1 Å². The summed E-state index contributed by atoms with van der Waals surface area (Å²) >= 11 is 5.87. The maximum atomic E-state index is 12.4. The summed E-state index contributed by atoms with van der Waals surface area (Å²) in [7, 11) is 1.55. The molecule has 0 bridgehead atoms. The van der Waals surface area contributed by atoms with Crippen molar-refractivity contribution in [1.29, 1.82) is 0 Å². The molecule has 1 aliphatic rings. The average molecular weight is 387 g/mol. The van der Waals surface area contributed by atoms with Crippen LogP contribution in [0.2, 0.25) is 5.02 Å². The van der Waals surface area contributed by atoms with Crippen molar-refractivity contribution in [3.63, 3.8) is 0 Å². The van der Waals surface area contributed by atoms with E-state index in [4.69, 9.17) is 16.3 Å². The first kappa shape index (κ1) is 18.9. The highest BCUT2D eigenvalue weighted by atomic mass is 35.5. The van der Waals surface area contributed by atoms with Gasteiger partial charge >= 0.3 is 0 Å². The number of nitrogens with one attached hydrogen (secondary N) is 1. The predicted molar refractivity (Wildman–Crippen MR) is 102 cm³/mol. The Bertz CT molecular complexity index is 849. The number of hydrogen-bond donors (Lipinski definition) is 1. The summed E-state index contributed by atoms with van der Waals surface area (Å²) in [6.45, 7) is 0.166. The Hall–Kier alpha value is -2.86. The lowest BCUT2D eigenvalue weighted by Crippen LogP contribution is -2.36. The molecular formula is C20H19ClN2O4. The van der Waals surface area contributed by atoms with Gasteiger partial charge in [0, 0.05) is 29.2 Å². The number of carbonyl (C=O) groups is 3. The molecule has 0 aliphatic carbocycles. The Balaban J connectivity index is 1.55. The summed E-state index contributed by atoms with van der Waals surface area (Å²) in [6, 6.07) is 13.6. The largest absolute Gasteiger partial charge is 0.497 e. The normalized spacial score (nSPS) is 16.3. The molecule has 0 saturated carbocycles. The van der Waals surface area contributed by atoms with Crippen LogP contribution in [0.15, 0.2) is 48.5 Å². The van der Waals surface area contributed by atoms with Gasteiger partial charge in [0.05, 0.1) is 19.6 Å². The monoisotopic (exact) mass is 386 g/mol. The molecular weight excluding hydrogens is 368 g/mol. The number of methoxy groups -OCH3 is 1. The summed E-state index contributed by atoms with van der Waals surface area (Å²) in [6.07, 6.45) is 0.116. The van der Waals surface area contributed by atoms with Crippen molar-refractivity contribution in [2.75, 3.05) is 25.1 Å². The second-order valence-corrected chi connectivity index (χ2v) is 6.69. The predicted octanol–water partition coefficient (Wildman–Crippen LogP) is 2.70. The summed E-state index contributed by atoms with van der Waals surface area (Å²) < 4.78 is 5.05. The number of nitrogens with zero attached hydrogens (tertiary/aromatic N) is 1. The Labute approximate surface area is 162 Å². The Morgan fingerprint density at radius 3 is 2.44 bits per heavy atom. The van der Waals surface area contributed by atoms with Gasteiger partial charge in [0.25, 0.3) is 0 Å². The Kier molecular flexibility index (Phi) is 5.76. The summed E-state index contributed by atoms with van der Waals surface area (Å²) in [5.74, 6) is -0.468. The minimum atomic E-state index is -0.489. The number of rotatable bonds is 6. The van der Waals surface area contributed by atoms with E-state index in [2.05, 4.69) is 5.32 Å². The van der Waals surface area contributed by atoms with Crippen LogP contribution in [-0.4, -0.2) is 37.8 Å². The average Bonchev–Trinajstić information content (AvgIpc) is 3.08. The van der Waals surface area contributed by atoms with Gasteiger partial charge < -0.3 is 15.0 Å². The van der Waals surface area contributed by atoms with E-state index in [1.165, 1.54) is 0 Å². The van der Waals surface area contributed by atoms with Gasteiger partial charge in [-0.1, -0.05) is 11.6 Å². The molecule has 7 heteroatoms. The zero-order chi connectivity index (χ0) is 19.4. The van der Waals surface area contributed by atoms with Gasteiger partial charge in [-0.25, -0.2) is 0 Å². The minimum absolute atomic E-state index is 0.114. The number of anilines is 1. The highest BCUT2D eigenvalue weighted by molar-refractivity contribution is 6.30. The van der Waals surface area contributed by atoms with E-state index >= 15 is 0 Å². The van der Waals surface area contributed by atoms with E-state index < -0.39 is 5.92 Å². The van der Waals surface area contributed by atoms with Crippen molar-refractivity contribution in [3.8, 4) is 5.75 Å². The Morgan fingerprint density at radius 2 is 1.81 bits per heavy atom. The summed E-state index contributed by atoms with van der Waals surface area (Å²) in [5, 5.41) is 3.21. The highest BCUT2D eigenvalue weighted by Crippen LogP contribution is 2.26. The molecule has 3 rings (SSSR count). The van der Waals surface area contributed by atoms with Crippen molar-refractivity contribution in [2.24, 2.45) is 5.92 Å². The molecule has 1 atom stereocenters. The lowest BCUT2D eigenvalue weighted by Gasteiger charge is -2.16. The van der Waals surface area contributed by atoms with Crippen molar-refractivity contribution in [2.45, 2.75) is 6.42 Å². The fourth-order valence-corrected chi connectivity index (χ4v) is 3.07. The van der Waals surface area contributed by atoms with Gasteiger partial charge in [-0.15, -0.1) is 0 Å². The lowest BCUT2D eigenvalue weighted by atomic mass is 10.1. The second-order valence-electron chi connectivity index (χ2n) is 6.25. The van der Waals surface area contributed by atoms with E-state index in [1.807, 2.05) is 0 Å². The highest BCUT2D eigenvalue weighted by Gasteiger charge is 2.35. The van der Waals surface area contributed by atoms with E-state index in [9.17, 15) is 14.4 Å². The van der Waals surface area contributed by atoms with Gasteiger partial charge in [0.15, 0.2) is 5.78 Å². The summed E-state index contributed by atoms with van der Waals surface area (Å²) in [5.41, 5.74) is 1.19. The molecule has 1 unspecified atom stereocenters. The number of ketones is 1. The maximum absolute atomic E-state index is 12.4. The topological polar surface area (TPSA) is 75.7 Å². The van der Waals surface area contributed by atoms with Crippen LogP contribution in [0.1, 0.15) is 16.8 Å². The number of carbonyl (C=O) groups excluding carboxylic acids is 3. The number of halogens is 1. The summed E-state index contributed by atoms with van der Waals surface area (Å²) in [4.78, 5) is 38.4. The SMILES string of the molecule is COc1ccc(C(=O)CNC(=O)C2CC(=O)N(c3ccc(Cl)cc3)C2)cc1. The fourth-order valence-electron chi connectivity index (χ4n) is 2.94. The molecule has 2 aromatic rings. The molecule has 2 aromatic carbocycles. The minimum Gasteiger partial charge on any atom is -0.497 e. The van der Waals surface area contributed by atoms with Gasteiger partial charge in [-0.2, -0.15) is 0 Å². The van der Waals surface area contributed by atoms with Crippen molar-refractivity contribution in [1.82, 2.24) is 5.32 Å². The van der Waals surface area contributed by atoms with Crippen LogP contribution >= 0.6 is 11.6 Å². The number of ether oxygens (including phenoxy) is 1. The molecule has 6 nitrogen and oxygen atoms in total. The molecule has 140 valence electrons. The third-order valence-electron chi connectivity index (χ3n) is 4.47. The maximum Gasteiger partial charge on any atom is 0.227 e. The molecule has 0 aromatic heterocycles. The first-order valence-corrected chi connectivity index (χ1v) is 8.86. The molecule has 1 heterocycles. The van der Waals surface area contributed by atoms with Crippen LogP contribution in [-0.2, 0) is 9.59 Å². The van der Waals surface area contributed by atoms with Gasteiger partial charge in [-0.05, 0) is 48.5 Å². The zero-order valence-electron chi connectivity index (χ0n) is 14.8. The van der Waals surface area contributed by atoms with Gasteiger partial charge in [0.2, 0.25) is 11.8 Å². The van der Waals surface area contributed by atoms with Crippen LogP contribution in [0.4, 0.5) is 5.69 Å². The second kappa shape index (κ2) is 8.22. The first-order valence-electron chi connectivity index (χ1n) is 8.49. The lowest BCUT2D eigenvalue weighted by molar-refractivity contribution is -0.126. The van der Waals surface area contributed by atoms with Crippen molar-refractivity contribution >= 4 is 34.9 Å². The Morgan fingerprint density at radius 1 is 1.15 bits per heavy atom. The third-order valence-corrected chi connectivity index (χ3v) is 4.72. The van der Waals surface area contributed by atoms with Crippen LogP contribution in [0.3, 0.4) is 0 Å². The van der Waals surface area contributed by atoms with Crippen LogP contribution in [0.5, 0.6) is 5.75 Å². The quantitative estimate of drug-likeness (QED) is 0.774. The number of hydrogen-bond acceptors (Lipinski definition) is 4.